The molecule has 0 aliphatic carbocycles. The van der Waals surface area contributed by atoms with Crippen LogP contribution in [0.2, 0.25) is 0 Å². The van der Waals surface area contributed by atoms with Crippen molar-refractivity contribution in [2.24, 2.45) is 0 Å². The minimum atomic E-state index is -0.677. The third kappa shape index (κ3) is 39.8. The Labute approximate surface area is 329 Å². The highest BCUT2D eigenvalue weighted by Crippen LogP contribution is 2.15. The van der Waals surface area contributed by atoms with E-state index >= 15 is 0 Å². The van der Waals surface area contributed by atoms with Crippen LogP contribution in [0, 0.1) is 0 Å². The highest BCUT2D eigenvalue weighted by atomic mass is 16.5. The number of hydrogen-bond donors (Lipinski definition) is 3. The molecule has 0 radical (unpaired) electrons. The van der Waals surface area contributed by atoms with Crippen molar-refractivity contribution >= 4 is 11.9 Å². The maximum Gasteiger partial charge on any atom is 0.305 e. The van der Waals surface area contributed by atoms with E-state index < -0.39 is 12.1 Å². The summed E-state index contributed by atoms with van der Waals surface area (Å²) in [5.74, 6) is -0.0946. The lowest BCUT2D eigenvalue weighted by Gasteiger charge is -2.22. The van der Waals surface area contributed by atoms with Gasteiger partial charge in [0.25, 0.3) is 0 Å². The predicted molar refractivity (Wildman–Crippen MR) is 227 cm³/mol. The third-order valence-electron chi connectivity index (χ3n) is 10.5. The van der Waals surface area contributed by atoms with E-state index in [0.717, 1.165) is 70.6 Å². The van der Waals surface area contributed by atoms with E-state index in [9.17, 15) is 19.8 Å². The lowest BCUT2D eigenvalue weighted by molar-refractivity contribution is -0.143. The number of aliphatic hydroxyl groups is 2. The van der Waals surface area contributed by atoms with Gasteiger partial charge in [0.2, 0.25) is 5.91 Å². The third-order valence-corrected chi connectivity index (χ3v) is 10.5. The first-order valence-electron chi connectivity index (χ1n) is 23.1. The zero-order chi connectivity index (χ0) is 38.7. The summed E-state index contributed by atoms with van der Waals surface area (Å²) in [5.41, 5.74) is 0. The molecule has 0 fully saturated rings. The van der Waals surface area contributed by atoms with Crippen molar-refractivity contribution in [2.45, 2.75) is 251 Å². The Morgan fingerprint density at radius 3 is 1.45 bits per heavy atom. The van der Waals surface area contributed by atoms with Crippen molar-refractivity contribution in [2.75, 3.05) is 13.2 Å². The van der Waals surface area contributed by atoms with E-state index in [-0.39, 0.29) is 18.5 Å². The van der Waals surface area contributed by atoms with Crippen molar-refractivity contribution in [3.8, 4) is 0 Å². The number of aliphatic hydroxyl groups excluding tert-OH is 2. The maximum absolute atomic E-state index is 12.4. The summed E-state index contributed by atoms with van der Waals surface area (Å²) in [6, 6.07) is -0.557. The molecule has 0 aromatic carbocycles. The summed E-state index contributed by atoms with van der Waals surface area (Å²) < 4.78 is 5.44. The van der Waals surface area contributed by atoms with Crippen molar-refractivity contribution in [3.05, 3.63) is 24.3 Å². The normalized spacial score (nSPS) is 12.9. The van der Waals surface area contributed by atoms with Gasteiger partial charge in [-0.2, -0.15) is 0 Å². The summed E-state index contributed by atoms with van der Waals surface area (Å²) in [4.78, 5) is 24.4. The highest BCUT2D eigenvalue weighted by Gasteiger charge is 2.20. The van der Waals surface area contributed by atoms with Gasteiger partial charge in [-0.05, 0) is 57.8 Å². The predicted octanol–water partition coefficient (Wildman–Crippen LogP) is 13.2. The zero-order valence-corrected chi connectivity index (χ0v) is 35.2. The van der Waals surface area contributed by atoms with Crippen LogP contribution in [0.5, 0.6) is 0 Å². The SMILES string of the molecule is CCCCCC/C=C\C/C=C\CCCCCCCC(=O)OCCCCCCCCCCCCC(=O)NC(CO)C(O)CCCCCCCCCCCC. The first-order chi connectivity index (χ1) is 26.0. The van der Waals surface area contributed by atoms with Crippen molar-refractivity contribution in [1.82, 2.24) is 5.32 Å². The second-order valence-electron chi connectivity index (χ2n) is 15.7. The number of unbranched alkanes of at least 4 members (excludes halogenated alkanes) is 27. The Balaban J connectivity index is 3.49. The number of ether oxygens (including phenoxy) is 1. The first-order valence-corrected chi connectivity index (χ1v) is 23.1. The van der Waals surface area contributed by atoms with Gasteiger partial charge < -0.3 is 20.3 Å². The largest absolute Gasteiger partial charge is 0.466 e. The smallest absolute Gasteiger partial charge is 0.305 e. The van der Waals surface area contributed by atoms with E-state index in [1.807, 2.05) is 0 Å². The molecule has 312 valence electrons. The van der Waals surface area contributed by atoms with Gasteiger partial charge in [-0.15, -0.1) is 0 Å². The van der Waals surface area contributed by atoms with Gasteiger partial charge in [0.1, 0.15) is 0 Å². The van der Waals surface area contributed by atoms with Gasteiger partial charge in [0.15, 0.2) is 0 Å². The first kappa shape index (κ1) is 51.3. The van der Waals surface area contributed by atoms with E-state index in [1.54, 1.807) is 0 Å². The molecule has 0 aliphatic heterocycles. The molecule has 6 heteroatoms. The van der Waals surface area contributed by atoms with Gasteiger partial charge in [-0.25, -0.2) is 0 Å². The van der Waals surface area contributed by atoms with Crippen LogP contribution in [0.15, 0.2) is 24.3 Å². The molecule has 0 aromatic rings. The quantitative estimate of drug-likeness (QED) is 0.0328. The number of amides is 1. The maximum atomic E-state index is 12.4. The fraction of sp³-hybridized carbons (Fsp3) is 0.872. The Hall–Kier alpha value is -1.66. The summed E-state index contributed by atoms with van der Waals surface area (Å²) in [5, 5.41) is 23.0. The average molecular weight is 748 g/mol. The molecule has 0 saturated heterocycles. The number of hydrogen-bond acceptors (Lipinski definition) is 5. The summed E-state index contributed by atoms with van der Waals surface area (Å²) in [6.07, 6.45) is 48.4. The molecule has 3 N–H and O–H groups in total. The van der Waals surface area contributed by atoms with Gasteiger partial charge in [0, 0.05) is 12.8 Å². The molecule has 0 heterocycles. The number of carbonyl (C=O) groups excluding carboxylic acids is 2. The molecule has 2 atom stereocenters. The van der Waals surface area contributed by atoms with Crippen LogP contribution in [-0.4, -0.2) is 47.4 Å². The van der Waals surface area contributed by atoms with Crippen molar-refractivity contribution in [3.63, 3.8) is 0 Å². The minimum Gasteiger partial charge on any atom is -0.466 e. The van der Waals surface area contributed by atoms with Gasteiger partial charge >= 0.3 is 5.97 Å². The fourth-order valence-corrected chi connectivity index (χ4v) is 6.90. The Kier molecular flexibility index (Phi) is 41.7. The summed E-state index contributed by atoms with van der Waals surface area (Å²) in [7, 11) is 0. The van der Waals surface area contributed by atoms with Crippen LogP contribution >= 0.6 is 0 Å². The molecule has 53 heavy (non-hydrogen) atoms. The van der Waals surface area contributed by atoms with Gasteiger partial charge in [0.05, 0.1) is 25.4 Å². The zero-order valence-electron chi connectivity index (χ0n) is 35.2. The molecule has 0 aliphatic rings. The van der Waals surface area contributed by atoms with Crippen LogP contribution in [0.25, 0.3) is 0 Å². The molecular weight excluding hydrogens is 659 g/mol. The van der Waals surface area contributed by atoms with E-state index in [4.69, 9.17) is 4.74 Å². The lowest BCUT2D eigenvalue weighted by Crippen LogP contribution is -2.45. The molecule has 0 aromatic heterocycles. The summed E-state index contributed by atoms with van der Waals surface area (Å²) in [6.45, 7) is 4.85. The lowest BCUT2D eigenvalue weighted by atomic mass is 10.0. The number of nitrogens with one attached hydrogen (secondary N) is 1. The number of rotatable bonds is 42. The molecule has 0 bridgehead atoms. The topological polar surface area (TPSA) is 95.9 Å². The second-order valence-corrected chi connectivity index (χ2v) is 15.7. The molecular formula is C47H89NO5. The number of allylic oxidation sites excluding steroid dienone is 4. The van der Waals surface area contributed by atoms with Crippen LogP contribution < -0.4 is 5.32 Å². The van der Waals surface area contributed by atoms with Gasteiger partial charge in [-0.1, -0.05) is 192 Å². The van der Waals surface area contributed by atoms with E-state index in [1.165, 1.54) is 135 Å². The van der Waals surface area contributed by atoms with Crippen LogP contribution in [0.1, 0.15) is 239 Å². The molecule has 2 unspecified atom stereocenters. The molecule has 6 nitrogen and oxygen atoms in total. The van der Waals surface area contributed by atoms with Crippen molar-refractivity contribution < 1.29 is 24.5 Å². The number of esters is 1. The fourth-order valence-electron chi connectivity index (χ4n) is 6.90. The molecule has 1 amide bonds. The van der Waals surface area contributed by atoms with Gasteiger partial charge in [-0.3, -0.25) is 9.59 Å². The van der Waals surface area contributed by atoms with E-state index in [2.05, 4.69) is 43.5 Å². The Morgan fingerprint density at radius 1 is 0.528 bits per heavy atom. The Morgan fingerprint density at radius 2 is 0.943 bits per heavy atom. The monoisotopic (exact) mass is 748 g/mol. The standard InChI is InChI=1S/C47H89NO5/c1-3-5-7-9-11-13-15-16-17-18-19-20-25-29-33-37-41-47(52)53-42-38-34-30-26-22-21-24-28-32-36-40-46(51)48-44(43-49)45(50)39-35-31-27-23-14-12-10-8-6-4-2/h13,15,17-18,44-45,49-50H,3-12,14,16,19-43H2,1-2H3,(H,48,51)/b15-13-,18-17-. The van der Waals surface area contributed by atoms with Crippen LogP contribution in [0.4, 0.5) is 0 Å². The molecule has 0 spiro atoms. The molecule has 0 rings (SSSR count). The minimum absolute atomic E-state index is 0.0331. The van der Waals surface area contributed by atoms with Crippen molar-refractivity contribution in [1.29, 1.82) is 0 Å². The molecule has 0 saturated carbocycles. The Bertz CT molecular complexity index is 828. The highest BCUT2D eigenvalue weighted by molar-refractivity contribution is 5.76. The van der Waals surface area contributed by atoms with E-state index in [0.29, 0.717) is 25.9 Å². The number of carbonyl (C=O) groups is 2. The second kappa shape index (κ2) is 43.1. The average Bonchev–Trinajstić information content (AvgIpc) is 3.16. The van der Waals surface area contributed by atoms with Crippen LogP contribution in [0.3, 0.4) is 0 Å². The van der Waals surface area contributed by atoms with Crippen LogP contribution in [-0.2, 0) is 14.3 Å². The summed E-state index contributed by atoms with van der Waals surface area (Å²) >= 11 is 0.